The average Bonchev–Trinajstić information content (AvgIpc) is 2.74. The van der Waals surface area contributed by atoms with Gasteiger partial charge in [-0.05, 0) is 48.6 Å². The second kappa shape index (κ2) is 8.11. The van der Waals surface area contributed by atoms with Gasteiger partial charge in [0.15, 0.2) is 0 Å². The number of carbonyl (C=O) groups is 2. The van der Waals surface area contributed by atoms with Crippen LogP contribution in [0.15, 0.2) is 66.2 Å². The van der Waals surface area contributed by atoms with Gasteiger partial charge in [0.2, 0.25) is 5.91 Å². The molecule has 0 aliphatic carbocycles. The Labute approximate surface area is 171 Å². The Hall–Kier alpha value is -3.08. The van der Waals surface area contributed by atoms with E-state index >= 15 is 0 Å². The molecule has 0 radical (unpaired) electrons. The number of piperazine rings is 1. The molecule has 5 heteroatoms. The zero-order valence-corrected chi connectivity index (χ0v) is 16.9. The second-order valence-corrected chi connectivity index (χ2v) is 7.71. The standard InChI is InChI=1S/C24H26N2O3/c1-17-7-6-10-21-23(27)26(16-19-11-13-20(29-2)14-12-19)22(17)24(28)25(21)15-18-8-4-3-5-9-18/h3-5,7-9,11-14,21-22H,6,10,15-16H2,1-2H3/b17-7-/t21-,22-/m0/s1. The van der Waals surface area contributed by atoms with Crippen molar-refractivity contribution >= 4 is 11.8 Å². The molecule has 2 atom stereocenters. The third kappa shape index (κ3) is 3.77. The zero-order chi connectivity index (χ0) is 20.4. The second-order valence-electron chi connectivity index (χ2n) is 7.71. The van der Waals surface area contributed by atoms with Gasteiger partial charge >= 0.3 is 0 Å². The number of ether oxygens (including phenoxy) is 1. The zero-order valence-electron chi connectivity index (χ0n) is 16.9. The van der Waals surface area contributed by atoms with Crippen LogP contribution in [0.25, 0.3) is 0 Å². The molecule has 2 aromatic carbocycles. The number of hydrogen-bond acceptors (Lipinski definition) is 3. The van der Waals surface area contributed by atoms with Crippen LogP contribution in [-0.4, -0.2) is 40.8 Å². The van der Waals surface area contributed by atoms with E-state index in [0.29, 0.717) is 19.5 Å². The molecule has 2 aromatic rings. The Balaban J connectivity index is 1.64. The molecule has 5 rings (SSSR count). The molecule has 5 nitrogen and oxygen atoms in total. The van der Waals surface area contributed by atoms with Crippen molar-refractivity contribution in [3.05, 3.63) is 77.4 Å². The van der Waals surface area contributed by atoms with E-state index in [1.807, 2.05) is 61.5 Å². The number of methoxy groups -OCH3 is 1. The summed E-state index contributed by atoms with van der Waals surface area (Å²) >= 11 is 0. The molecule has 2 amide bonds. The first-order valence-corrected chi connectivity index (χ1v) is 10.0. The molecule has 1 fully saturated rings. The van der Waals surface area contributed by atoms with Crippen molar-refractivity contribution in [2.75, 3.05) is 7.11 Å². The highest BCUT2D eigenvalue weighted by atomic mass is 16.5. The number of hydrogen-bond donors (Lipinski definition) is 0. The van der Waals surface area contributed by atoms with Crippen molar-refractivity contribution in [3.8, 4) is 5.75 Å². The molecule has 3 aliphatic rings. The van der Waals surface area contributed by atoms with E-state index in [1.54, 1.807) is 16.9 Å². The molecule has 0 saturated carbocycles. The molecule has 3 heterocycles. The molecular formula is C24H26N2O3. The predicted octanol–water partition coefficient (Wildman–Crippen LogP) is 3.54. The van der Waals surface area contributed by atoms with Gasteiger partial charge in [0.25, 0.3) is 5.91 Å². The molecule has 0 aromatic heterocycles. The SMILES string of the molecule is COc1ccc(CN2C(=O)[C@@H]3CC/C=C(/C)[C@H]2C(=O)N3Cc2ccccc2)cc1. The number of amides is 2. The van der Waals surface area contributed by atoms with Crippen molar-refractivity contribution in [1.29, 1.82) is 0 Å². The summed E-state index contributed by atoms with van der Waals surface area (Å²) in [5.41, 5.74) is 2.98. The Bertz CT molecular complexity index is 921. The summed E-state index contributed by atoms with van der Waals surface area (Å²) in [4.78, 5) is 30.5. The molecule has 2 bridgehead atoms. The van der Waals surface area contributed by atoms with Crippen LogP contribution in [0.4, 0.5) is 0 Å². The number of allylic oxidation sites excluding steroid dienone is 1. The Morgan fingerprint density at radius 2 is 1.55 bits per heavy atom. The summed E-state index contributed by atoms with van der Waals surface area (Å²) in [5.74, 6) is 0.824. The highest BCUT2D eigenvalue weighted by Gasteiger charge is 2.47. The van der Waals surface area contributed by atoms with Crippen molar-refractivity contribution < 1.29 is 14.3 Å². The maximum atomic E-state index is 13.5. The minimum absolute atomic E-state index is 0.0143. The van der Waals surface area contributed by atoms with E-state index in [2.05, 4.69) is 6.08 Å². The fourth-order valence-corrected chi connectivity index (χ4v) is 4.26. The lowest BCUT2D eigenvalue weighted by molar-refractivity contribution is -0.162. The summed E-state index contributed by atoms with van der Waals surface area (Å²) in [6.45, 7) is 2.85. The number of fused-ring (bicyclic) bond motifs is 4. The molecule has 29 heavy (non-hydrogen) atoms. The van der Waals surface area contributed by atoms with Crippen LogP contribution >= 0.6 is 0 Å². The number of benzene rings is 2. The first-order valence-electron chi connectivity index (χ1n) is 10.0. The molecule has 150 valence electrons. The van der Waals surface area contributed by atoms with Gasteiger partial charge in [0.05, 0.1) is 7.11 Å². The third-order valence-corrected chi connectivity index (χ3v) is 5.82. The van der Waals surface area contributed by atoms with E-state index in [4.69, 9.17) is 4.74 Å². The fraction of sp³-hybridized carbons (Fsp3) is 0.333. The summed E-state index contributed by atoms with van der Waals surface area (Å²) in [5, 5.41) is 0. The molecule has 0 unspecified atom stereocenters. The molecule has 0 spiro atoms. The predicted molar refractivity (Wildman–Crippen MR) is 111 cm³/mol. The highest BCUT2D eigenvalue weighted by molar-refractivity contribution is 5.99. The van der Waals surface area contributed by atoms with Crippen LogP contribution < -0.4 is 4.74 Å². The monoisotopic (exact) mass is 390 g/mol. The first-order chi connectivity index (χ1) is 14.1. The van der Waals surface area contributed by atoms with Crippen LogP contribution in [0.2, 0.25) is 0 Å². The Morgan fingerprint density at radius 3 is 2.24 bits per heavy atom. The van der Waals surface area contributed by atoms with Crippen molar-refractivity contribution in [2.45, 2.75) is 44.9 Å². The van der Waals surface area contributed by atoms with Crippen LogP contribution in [0.1, 0.15) is 30.9 Å². The van der Waals surface area contributed by atoms with Crippen LogP contribution in [0.3, 0.4) is 0 Å². The van der Waals surface area contributed by atoms with Crippen LogP contribution in [0.5, 0.6) is 5.75 Å². The van der Waals surface area contributed by atoms with Crippen LogP contribution in [-0.2, 0) is 22.7 Å². The lowest BCUT2D eigenvalue weighted by Gasteiger charge is -2.47. The van der Waals surface area contributed by atoms with Gasteiger partial charge in [0, 0.05) is 13.1 Å². The highest BCUT2D eigenvalue weighted by Crippen LogP contribution is 2.31. The van der Waals surface area contributed by atoms with E-state index in [9.17, 15) is 9.59 Å². The van der Waals surface area contributed by atoms with Crippen molar-refractivity contribution in [3.63, 3.8) is 0 Å². The average molecular weight is 390 g/mol. The number of nitrogens with zero attached hydrogens (tertiary/aromatic N) is 2. The summed E-state index contributed by atoms with van der Waals surface area (Å²) in [6.07, 6.45) is 3.58. The first kappa shape index (κ1) is 19.2. The van der Waals surface area contributed by atoms with Crippen molar-refractivity contribution in [2.24, 2.45) is 0 Å². The fourth-order valence-electron chi connectivity index (χ4n) is 4.26. The van der Waals surface area contributed by atoms with E-state index in [1.165, 1.54) is 0 Å². The smallest absolute Gasteiger partial charge is 0.250 e. The molecule has 1 saturated heterocycles. The molecular weight excluding hydrogens is 364 g/mol. The van der Waals surface area contributed by atoms with E-state index in [0.717, 1.165) is 28.9 Å². The number of carbonyl (C=O) groups excluding carboxylic acids is 2. The topological polar surface area (TPSA) is 49.9 Å². The molecule has 3 aliphatic heterocycles. The maximum Gasteiger partial charge on any atom is 0.250 e. The van der Waals surface area contributed by atoms with E-state index in [-0.39, 0.29) is 11.8 Å². The van der Waals surface area contributed by atoms with Gasteiger partial charge < -0.3 is 14.5 Å². The minimum Gasteiger partial charge on any atom is -0.497 e. The Kier molecular flexibility index (Phi) is 5.38. The summed E-state index contributed by atoms with van der Waals surface area (Å²) in [6, 6.07) is 16.6. The minimum atomic E-state index is -0.537. The van der Waals surface area contributed by atoms with Gasteiger partial charge in [-0.25, -0.2) is 0 Å². The summed E-state index contributed by atoms with van der Waals surface area (Å²) < 4.78 is 5.22. The van der Waals surface area contributed by atoms with Gasteiger partial charge in [-0.2, -0.15) is 0 Å². The molecule has 0 N–H and O–H groups in total. The number of rotatable bonds is 5. The van der Waals surface area contributed by atoms with Gasteiger partial charge in [0.1, 0.15) is 17.8 Å². The third-order valence-electron chi connectivity index (χ3n) is 5.82. The van der Waals surface area contributed by atoms with Gasteiger partial charge in [-0.15, -0.1) is 0 Å². The lowest BCUT2D eigenvalue weighted by atomic mass is 9.90. The Morgan fingerprint density at radius 1 is 0.897 bits per heavy atom. The van der Waals surface area contributed by atoms with Gasteiger partial charge in [-0.1, -0.05) is 48.5 Å². The maximum absolute atomic E-state index is 13.5. The normalized spacial score (nSPS) is 23.4. The quantitative estimate of drug-likeness (QED) is 0.734. The van der Waals surface area contributed by atoms with Crippen LogP contribution in [0, 0.1) is 0 Å². The largest absolute Gasteiger partial charge is 0.497 e. The summed E-state index contributed by atoms with van der Waals surface area (Å²) in [7, 11) is 1.63. The van der Waals surface area contributed by atoms with E-state index < -0.39 is 12.1 Å². The van der Waals surface area contributed by atoms with Gasteiger partial charge in [-0.3, -0.25) is 9.59 Å². The lowest BCUT2D eigenvalue weighted by Crippen LogP contribution is -2.64. The van der Waals surface area contributed by atoms with Crippen molar-refractivity contribution in [1.82, 2.24) is 9.80 Å².